The monoisotopic (exact) mass is 217 g/mol. The summed E-state index contributed by atoms with van der Waals surface area (Å²) in [4.78, 5) is 0. The number of rotatable bonds is 1. The Morgan fingerprint density at radius 3 is 2.15 bits per heavy atom. The summed E-state index contributed by atoms with van der Waals surface area (Å²) in [7, 11) is 0. The van der Waals surface area contributed by atoms with Crippen LogP contribution in [0.3, 0.4) is 0 Å². The molecule has 0 atom stereocenters. The fourth-order valence-corrected chi connectivity index (χ4v) is 1.06. The van der Waals surface area contributed by atoms with Crippen molar-refractivity contribution in [3.63, 3.8) is 0 Å². The normalized spacial score (nSPS) is 17.2. The van der Waals surface area contributed by atoms with E-state index in [1.54, 1.807) is 0 Å². The van der Waals surface area contributed by atoms with Gasteiger partial charge in [0.25, 0.3) is 0 Å². The van der Waals surface area contributed by atoms with Crippen LogP contribution in [0.5, 0.6) is 0 Å². The van der Waals surface area contributed by atoms with E-state index >= 15 is 0 Å². The molecule has 0 saturated heterocycles. The molecule has 1 rings (SSSR count). The number of hydrogen-bond acceptors (Lipinski definition) is 2. The molecule has 0 aromatic heterocycles. The molecule has 0 unspecified atom stereocenters. The molecule has 0 aromatic rings. The van der Waals surface area contributed by atoms with Crippen molar-refractivity contribution in [2.75, 3.05) is 0 Å². The van der Waals surface area contributed by atoms with Gasteiger partial charge in [0.2, 0.25) is 0 Å². The zero-order valence-electron chi connectivity index (χ0n) is 5.85. The molecule has 2 nitrogen and oxygen atoms in total. The highest BCUT2D eigenvalue weighted by atomic mass is 32.2. The van der Waals surface area contributed by atoms with Gasteiger partial charge < -0.3 is 0 Å². The van der Waals surface area contributed by atoms with Crippen LogP contribution in [0.4, 0.5) is 22.0 Å². The molecule has 0 amide bonds. The number of nitrogens with zero attached hydrogens (tertiary/aromatic N) is 2. The largest absolute Gasteiger partial charge is 0.464 e. The molecule has 0 bridgehead atoms. The number of alkyl halides is 5. The molecule has 0 N–H and O–H groups in total. The van der Waals surface area contributed by atoms with Gasteiger partial charge in [0.05, 0.1) is 6.20 Å². The van der Waals surface area contributed by atoms with Gasteiger partial charge in [-0.3, -0.25) is 0 Å². The SMILES string of the molecule is FC(F)(F)C(F)(F)SC1=N[N]C=C1. The summed E-state index contributed by atoms with van der Waals surface area (Å²) in [5.41, 5.74) is 3.12. The maximum atomic E-state index is 12.3. The van der Waals surface area contributed by atoms with Crippen LogP contribution in [0.1, 0.15) is 0 Å². The highest BCUT2D eigenvalue weighted by Crippen LogP contribution is 2.45. The zero-order chi connectivity index (χ0) is 10.1. The van der Waals surface area contributed by atoms with Crippen molar-refractivity contribution in [2.24, 2.45) is 5.10 Å². The van der Waals surface area contributed by atoms with Crippen molar-refractivity contribution in [1.82, 2.24) is 5.43 Å². The highest BCUT2D eigenvalue weighted by Gasteiger charge is 2.59. The summed E-state index contributed by atoms with van der Waals surface area (Å²) in [5, 5.41) is -2.23. The average molecular weight is 217 g/mol. The molecule has 8 heteroatoms. The lowest BCUT2D eigenvalue weighted by Gasteiger charge is -2.17. The predicted molar refractivity (Wildman–Crippen MR) is 37.3 cm³/mol. The second-order valence-corrected chi connectivity index (χ2v) is 3.12. The van der Waals surface area contributed by atoms with E-state index in [0.717, 1.165) is 12.3 Å². The maximum Gasteiger partial charge on any atom is 0.464 e. The highest BCUT2D eigenvalue weighted by molar-refractivity contribution is 8.15. The van der Waals surface area contributed by atoms with Gasteiger partial charge in [-0.2, -0.15) is 27.4 Å². The molecule has 13 heavy (non-hydrogen) atoms. The third kappa shape index (κ3) is 2.33. The predicted octanol–water partition coefficient (Wildman–Crippen LogP) is 2.32. The van der Waals surface area contributed by atoms with Crippen molar-refractivity contribution in [3.8, 4) is 0 Å². The molecule has 0 spiro atoms. The second kappa shape index (κ2) is 3.17. The Morgan fingerprint density at radius 2 is 1.77 bits per heavy atom. The van der Waals surface area contributed by atoms with Crippen molar-refractivity contribution >= 4 is 16.8 Å². The zero-order valence-corrected chi connectivity index (χ0v) is 6.66. The Balaban J connectivity index is 2.66. The van der Waals surface area contributed by atoms with E-state index in [2.05, 4.69) is 10.5 Å². The van der Waals surface area contributed by atoms with Crippen LogP contribution >= 0.6 is 11.8 Å². The fourth-order valence-electron chi connectivity index (χ4n) is 0.464. The molecular formula is C5H2F5N2S. The van der Waals surface area contributed by atoms with Crippen molar-refractivity contribution in [2.45, 2.75) is 11.4 Å². The Bertz CT molecular complexity index is 256. The molecule has 0 saturated carbocycles. The Morgan fingerprint density at radius 1 is 1.15 bits per heavy atom. The van der Waals surface area contributed by atoms with Gasteiger partial charge in [-0.1, -0.05) is 0 Å². The maximum absolute atomic E-state index is 12.3. The molecule has 1 aliphatic heterocycles. The van der Waals surface area contributed by atoms with E-state index in [1.807, 2.05) is 0 Å². The van der Waals surface area contributed by atoms with Gasteiger partial charge in [0, 0.05) is 0 Å². The minimum absolute atomic E-state index is 0.456. The molecule has 73 valence electrons. The number of thioether (sulfide) groups is 1. The Labute approximate surface area is 73.9 Å². The van der Waals surface area contributed by atoms with Gasteiger partial charge in [0.1, 0.15) is 5.04 Å². The molecule has 1 aliphatic rings. The van der Waals surface area contributed by atoms with Crippen LogP contribution in [0.15, 0.2) is 17.4 Å². The molecular weight excluding hydrogens is 215 g/mol. The summed E-state index contributed by atoms with van der Waals surface area (Å²) >= 11 is -0.672. The summed E-state index contributed by atoms with van der Waals surface area (Å²) in [5.74, 6) is 0. The summed E-state index contributed by atoms with van der Waals surface area (Å²) in [6.45, 7) is 0. The third-order valence-electron chi connectivity index (χ3n) is 1.00. The molecule has 0 aliphatic carbocycles. The topological polar surface area (TPSA) is 26.5 Å². The van der Waals surface area contributed by atoms with E-state index in [-0.39, 0.29) is 0 Å². The summed E-state index contributed by atoms with van der Waals surface area (Å²) in [6, 6.07) is 0. The van der Waals surface area contributed by atoms with E-state index in [1.165, 1.54) is 0 Å². The van der Waals surface area contributed by atoms with Crippen molar-refractivity contribution in [3.05, 3.63) is 12.3 Å². The van der Waals surface area contributed by atoms with Crippen LogP contribution in [0.2, 0.25) is 0 Å². The first-order valence-corrected chi connectivity index (χ1v) is 3.72. The lowest BCUT2D eigenvalue weighted by atomic mass is 10.7. The van der Waals surface area contributed by atoms with E-state index in [4.69, 9.17) is 0 Å². The van der Waals surface area contributed by atoms with Crippen LogP contribution < -0.4 is 5.43 Å². The van der Waals surface area contributed by atoms with Crippen molar-refractivity contribution in [1.29, 1.82) is 0 Å². The minimum Gasteiger partial charge on any atom is -0.183 e. The Kier molecular flexibility index (Phi) is 2.51. The second-order valence-electron chi connectivity index (χ2n) is 1.99. The van der Waals surface area contributed by atoms with Crippen molar-refractivity contribution < 1.29 is 22.0 Å². The quantitative estimate of drug-likeness (QED) is 0.619. The smallest absolute Gasteiger partial charge is 0.183 e. The number of halogens is 5. The Hall–Kier alpha value is -0.790. The van der Waals surface area contributed by atoms with Crippen LogP contribution in [0, 0.1) is 0 Å². The van der Waals surface area contributed by atoms with E-state index < -0.39 is 28.2 Å². The third-order valence-corrected chi connectivity index (χ3v) is 1.92. The first-order chi connectivity index (χ1) is 5.83. The van der Waals surface area contributed by atoms with Gasteiger partial charge in [-0.15, -0.1) is 5.10 Å². The van der Waals surface area contributed by atoms with Crippen LogP contribution in [-0.2, 0) is 0 Å². The fraction of sp³-hybridized carbons (Fsp3) is 0.400. The molecule has 0 fully saturated rings. The van der Waals surface area contributed by atoms with Gasteiger partial charge in [-0.25, -0.2) is 0 Å². The van der Waals surface area contributed by atoms with Gasteiger partial charge in [-0.05, 0) is 17.8 Å². The van der Waals surface area contributed by atoms with E-state index in [0.29, 0.717) is 0 Å². The van der Waals surface area contributed by atoms with E-state index in [9.17, 15) is 22.0 Å². The van der Waals surface area contributed by atoms with Crippen LogP contribution in [0.25, 0.3) is 0 Å². The number of hydrogen-bond donors (Lipinski definition) is 0. The first kappa shape index (κ1) is 10.3. The molecule has 1 radical (unpaired) electrons. The summed E-state index contributed by atoms with van der Waals surface area (Å²) in [6.07, 6.45) is -3.56. The average Bonchev–Trinajstić information content (AvgIpc) is 2.35. The van der Waals surface area contributed by atoms with Gasteiger partial charge >= 0.3 is 11.4 Å². The minimum atomic E-state index is -5.57. The summed E-state index contributed by atoms with van der Waals surface area (Å²) < 4.78 is 59.3. The lowest BCUT2D eigenvalue weighted by molar-refractivity contribution is -0.237. The standard InChI is InChI=1S/C5H2F5N2S/c6-4(7,8)5(9,10)13-3-1-2-11-12-3/h1-2H. The lowest BCUT2D eigenvalue weighted by Crippen LogP contribution is -2.33. The molecule has 1 heterocycles. The van der Waals surface area contributed by atoms with Crippen LogP contribution in [-0.4, -0.2) is 16.5 Å². The molecule has 0 aromatic carbocycles. The van der Waals surface area contributed by atoms with Gasteiger partial charge in [0.15, 0.2) is 0 Å². The first-order valence-electron chi connectivity index (χ1n) is 2.91.